The molecule has 55 heavy (non-hydrogen) atoms. The Morgan fingerprint density at radius 1 is 1.04 bits per heavy atom. The number of imidazole rings is 1. The lowest BCUT2D eigenvalue weighted by Gasteiger charge is -2.30. The number of nitrogens with one attached hydrogen (secondary N) is 3. The molecule has 1 saturated heterocycles. The topological polar surface area (TPSA) is 204 Å². The first-order chi connectivity index (χ1) is 26.5. The summed E-state index contributed by atoms with van der Waals surface area (Å²) < 4.78 is 41.9. The normalized spacial score (nSPS) is 28.3. The second kappa shape index (κ2) is 15.2. The number of carbonyl (C=O) groups is 4. The molecule has 3 saturated carbocycles. The summed E-state index contributed by atoms with van der Waals surface area (Å²) in [5, 5.41) is 6.99. The molecule has 3 N–H and O–H groups in total. The molecule has 18 heteroatoms. The average molecular weight is 795 g/mol. The Labute approximate surface area is 322 Å². The lowest BCUT2D eigenvalue weighted by atomic mass is 10.0. The van der Waals surface area contributed by atoms with Gasteiger partial charge in [0, 0.05) is 19.4 Å². The lowest BCUT2D eigenvalue weighted by Crippen LogP contribution is -2.58. The number of thiophene rings is 1. The molecular formula is C37H46N8O8S2. The van der Waals surface area contributed by atoms with Gasteiger partial charge in [0.05, 0.1) is 23.0 Å². The number of aromatic nitrogens is 4. The third-order valence-electron chi connectivity index (χ3n) is 11.3. The van der Waals surface area contributed by atoms with E-state index in [0.717, 1.165) is 43.4 Å². The summed E-state index contributed by atoms with van der Waals surface area (Å²) in [7, 11) is -2.10. The lowest BCUT2D eigenvalue weighted by molar-refractivity contribution is -0.141. The Bertz CT molecular complexity index is 2100. The van der Waals surface area contributed by atoms with Crippen LogP contribution in [0.5, 0.6) is 5.88 Å². The van der Waals surface area contributed by atoms with Crippen LogP contribution in [0.3, 0.4) is 0 Å². The molecule has 3 aliphatic carbocycles. The third kappa shape index (κ3) is 7.92. The predicted molar refractivity (Wildman–Crippen MR) is 201 cm³/mol. The maximum Gasteiger partial charge on any atom is 0.408 e. The van der Waals surface area contributed by atoms with Crippen molar-refractivity contribution < 1.29 is 37.1 Å². The molecule has 3 aromatic rings. The van der Waals surface area contributed by atoms with Gasteiger partial charge in [0.15, 0.2) is 11.3 Å². The van der Waals surface area contributed by atoms with Crippen molar-refractivity contribution >= 4 is 56.5 Å². The number of aryl methyl sites for hydroxylation is 1. The van der Waals surface area contributed by atoms with Gasteiger partial charge in [0.25, 0.3) is 5.91 Å². The average Bonchev–Trinajstić information content (AvgIpc) is 3.78. The Balaban J connectivity index is 1.10. The highest BCUT2D eigenvalue weighted by Crippen LogP contribution is 2.46. The molecule has 0 radical (unpaired) electrons. The minimum Gasteiger partial charge on any atom is -0.471 e. The van der Waals surface area contributed by atoms with Crippen LogP contribution in [-0.4, -0.2) is 98.3 Å². The Hall–Kier alpha value is -4.58. The first kappa shape index (κ1) is 37.3. The second-order valence-electron chi connectivity index (χ2n) is 15.4. The van der Waals surface area contributed by atoms with Crippen molar-refractivity contribution in [1.29, 1.82) is 0 Å². The maximum absolute atomic E-state index is 14.6. The van der Waals surface area contributed by atoms with Crippen LogP contribution in [0.25, 0.3) is 21.9 Å². The first-order valence-electron chi connectivity index (χ1n) is 19.2. The number of alkyl carbamates (subject to hydrolysis) is 1. The zero-order valence-electron chi connectivity index (χ0n) is 30.6. The zero-order valence-corrected chi connectivity index (χ0v) is 32.3. The quantitative estimate of drug-likeness (QED) is 0.282. The van der Waals surface area contributed by atoms with Crippen molar-refractivity contribution in [2.24, 2.45) is 13.0 Å². The van der Waals surface area contributed by atoms with Crippen LogP contribution in [-0.2, 0) is 36.2 Å². The molecule has 8 rings (SSSR count). The van der Waals surface area contributed by atoms with Crippen molar-refractivity contribution in [2.45, 2.75) is 119 Å². The number of ether oxygens (including phenoxy) is 2. The highest BCUT2D eigenvalue weighted by molar-refractivity contribution is 7.91. The smallest absolute Gasteiger partial charge is 0.408 e. The number of sulfonamides is 1. The highest BCUT2D eigenvalue weighted by Gasteiger charge is 2.62. The Morgan fingerprint density at radius 3 is 2.60 bits per heavy atom. The van der Waals surface area contributed by atoms with E-state index in [4.69, 9.17) is 19.4 Å². The number of nitrogens with zero attached hydrogens (tertiary/aromatic N) is 5. The molecule has 3 aromatic heterocycles. The predicted octanol–water partition coefficient (Wildman–Crippen LogP) is 3.48. The molecule has 5 heterocycles. The van der Waals surface area contributed by atoms with E-state index in [-0.39, 0.29) is 31.4 Å². The molecule has 0 aromatic carbocycles. The fourth-order valence-electron chi connectivity index (χ4n) is 7.92. The summed E-state index contributed by atoms with van der Waals surface area (Å²) in [5.41, 5.74) is -0.112. The summed E-state index contributed by atoms with van der Waals surface area (Å²) in [6, 6.07) is 1.68. The van der Waals surface area contributed by atoms with Crippen LogP contribution in [0, 0.1) is 5.92 Å². The van der Waals surface area contributed by atoms with Crippen molar-refractivity contribution in [1.82, 2.24) is 39.8 Å². The number of amides is 4. The van der Waals surface area contributed by atoms with Gasteiger partial charge in [-0.1, -0.05) is 31.1 Å². The van der Waals surface area contributed by atoms with Gasteiger partial charge in [-0.15, -0.1) is 11.3 Å². The molecule has 0 unspecified atom stereocenters. The van der Waals surface area contributed by atoms with Gasteiger partial charge in [-0.05, 0) is 75.7 Å². The number of allylic oxidation sites excluding steroid dienone is 1. The van der Waals surface area contributed by atoms with Crippen LogP contribution in [0.4, 0.5) is 4.79 Å². The molecule has 16 nitrogen and oxygen atoms in total. The minimum absolute atomic E-state index is 0.0274. The van der Waals surface area contributed by atoms with Gasteiger partial charge in [-0.3, -0.25) is 19.1 Å². The molecule has 5 aliphatic rings. The van der Waals surface area contributed by atoms with E-state index in [1.807, 2.05) is 29.7 Å². The van der Waals surface area contributed by atoms with E-state index in [1.54, 1.807) is 17.9 Å². The van der Waals surface area contributed by atoms with Gasteiger partial charge in [-0.2, -0.15) is 4.98 Å². The number of carbonyl (C=O) groups excluding carboxylic acids is 4. The van der Waals surface area contributed by atoms with Crippen molar-refractivity contribution in [3.8, 4) is 16.5 Å². The maximum atomic E-state index is 14.6. The number of hydrogen-bond donors (Lipinski definition) is 3. The summed E-state index contributed by atoms with van der Waals surface area (Å²) in [6.45, 7) is -0.0274. The van der Waals surface area contributed by atoms with Crippen LogP contribution < -0.4 is 20.1 Å². The van der Waals surface area contributed by atoms with Crippen molar-refractivity contribution in [3.05, 3.63) is 36.0 Å². The molecule has 5 atom stereocenters. The largest absolute Gasteiger partial charge is 0.471 e. The number of rotatable bonds is 8. The monoisotopic (exact) mass is 794 g/mol. The second-order valence-corrected chi connectivity index (χ2v) is 18.3. The van der Waals surface area contributed by atoms with E-state index in [1.165, 1.54) is 16.2 Å². The summed E-state index contributed by atoms with van der Waals surface area (Å²) >= 11 is 1.45. The van der Waals surface area contributed by atoms with Gasteiger partial charge in [-0.25, -0.2) is 23.2 Å². The number of hydrogen-bond acceptors (Lipinski definition) is 12. The molecule has 2 aliphatic heterocycles. The summed E-state index contributed by atoms with van der Waals surface area (Å²) in [4.78, 5) is 72.1. The Morgan fingerprint density at radius 2 is 1.84 bits per heavy atom. The van der Waals surface area contributed by atoms with Crippen LogP contribution in [0.2, 0.25) is 0 Å². The van der Waals surface area contributed by atoms with Gasteiger partial charge in [0.1, 0.15) is 35.5 Å². The molecule has 0 bridgehead atoms. The molecule has 4 amide bonds. The van der Waals surface area contributed by atoms with Crippen LogP contribution in [0.15, 0.2) is 36.0 Å². The third-order valence-corrected chi connectivity index (χ3v) is 14.0. The van der Waals surface area contributed by atoms with E-state index in [9.17, 15) is 27.6 Å². The molecular weight excluding hydrogens is 749 g/mol. The van der Waals surface area contributed by atoms with E-state index >= 15 is 0 Å². The minimum atomic E-state index is -3.89. The first-order valence-corrected chi connectivity index (χ1v) is 21.7. The summed E-state index contributed by atoms with van der Waals surface area (Å²) in [6.07, 6.45) is 11.7. The zero-order chi connectivity index (χ0) is 38.3. The fraction of sp³-hybridized carbons (Fsp3) is 0.595. The number of fused-ring (bicyclic) bond motifs is 3. The highest BCUT2D eigenvalue weighted by atomic mass is 32.2. The van der Waals surface area contributed by atoms with Crippen LogP contribution >= 0.6 is 11.3 Å². The summed E-state index contributed by atoms with van der Waals surface area (Å²) in [5.74, 6) is -2.10. The molecule has 4 fully saturated rings. The van der Waals surface area contributed by atoms with Gasteiger partial charge in [0.2, 0.25) is 27.7 Å². The van der Waals surface area contributed by atoms with Gasteiger partial charge >= 0.3 is 6.09 Å². The molecule has 0 spiro atoms. The Kier molecular flexibility index (Phi) is 10.3. The molecule has 294 valence electrons. The van der Waals surface area contributed by atoms with E-state index in [2.05, 4.69) is 20.3 Å². The van der Waals surface area contributed by atoms with Crippen molar-refractivity contribution in [3.63, 3.8) is 0 Å². The van der Waals surface area contributed by atoms with Crippen molar-refractivity contribution in [2.75, 3.05) is 6.54 Å². The standard InChI is InChI=1S/C37H46N8O8S2/c1-44-21-38-30-31(44)41-33(29(40-30)28-14-9-17-54-28)52-24-18-27-32(46)42-37(35(48)43-55(50,51)25-15-16-25)19-22(37)10-5-3-2-4-6-13-26(34(47)45(27)20-24)39-36(49)53-23-11-7-8-12-23/h5,9-10,14,17,21-27H,2-4,6-8,11-13,15-16,18-20H2,1H3,(H,39,49)(H,42,46)(H,43,48)/b10-5-/t22-,24-,26+,27+,37-/m1/s1. The van der Waals surface area contributed by atoms with Crippen LogP contribution in [0.1, 0.15) is 83.5 Å². The van der Waals surface area contributed by atoms with E-state index < -0.39 is 68.7 Å². The van der Waals surface area contributed by atoms with E-state index in [0.29, 0.717) is 49.1 Å². The fourth-order valence-corrected chi connectivity index (χ4v) is 9.99. The van der Waals surface area contributed by atoms with Gasteiger partial charge < -0.3 is 29.6 Å². The SMILES string of the molecule is Cn1cnc2nc(-c3cccs3)c(O[C@@H]3C[C@H]4C(=O)N[C@]5(C(=O)NS(=O)(=O)C6CC6)C[C@H]5/C=C\CCCCC[C@H](NC(=O)OC5CCCC5)C(=O)N4C3)nc21.